The van der Waals surface area contributed by atoms with E-state index in [9.17, 15) is 17.6 Å². The molecular weight excluding hydrogens is 332 g/mol. The molecule has 0 aromatic heterocycles. The smallest absolute Gasteiger partial charge is 0.314 e. The van der Waals surface area contributed by atoms with Crippen LogP contribution in [0.25, 0.3) is 0 Å². The minimum atomic E-state index is -4.57. The Kier molecular flexibility index (Phi) is 5.39. The van der Waals surface area contributed by atoms with E-state index in [1.54, 1.807) is 0 Å². The minimum Gasteiger partial charge on any atom is -0.314 e. The predicted octanol–water partition coefficient (Wildman–Crippen LogP) is 4.03. The van der Waals surface area contributed by atoms with Gasteiger partial charge >= 0.3 is 6.18 Å². The molecule has 0 saturated carbocycles. The molecule has 3 rings (SSSR count). The van der Waals surface area contributed by atoms with E-state index in [-0.39, 0.29) is 18.0 Å². The highest BCUT2D eigenvalue weighted by Crippen LogP contribution is 2.36. The van der Waals surface area contributed by atoms with Gasteiger partial charge in [0.05, 0.1) is 5.56 Å². The topological polar surface area (TPSA) is 15.3 Å². The van der Waals surface area contributed by atoms with Crippen LogP contribution in [0.4, 0.5) is 17.6 Å². The van der Waals surface area contributed by atoms with Crippen LogP contribution in [0, 0.1) is 5.82 Å². The Morgan fingerprint density at radius 3 is 2.28 bits per heavy atom. The molecule has 2 nitrogen and oxygen atoms in total. The van der Waals surface area contributed by atoms with Crippen LogP contribution in [0.5, 0.6) is 0 Å². The summed E-state index contributed by atoms with van der Waals surface area (Å²) >= 11 is 0. The number of rotatable bonds is 4. The number of benzene rings is 2. The molecule has 2 aromatic carbocycles. The average Bonchev–Trinajstić information content (AvgIpc) is 2.61. The molecule has 6 heteroatoms. The lowest BCUT2D eigenvalue weighted by atomic mass is 9.93. The van der Waals surface area contributed by atoms with Crippen molar-refractivity contribution < 1.29 is 17.6 Å². The van der Waals surface area contributed by atoms with Gasteiger partial charge in [0.2, 0.25) is 0 Å². The molecule has 1 heterocycles. The van der Waals surface area contributed by atoms with Crippen molar-refractivity contribution in [2.45, 2.75) is 18.6 Å². The Morgan fingerprint density at radius 2 is 1.64 bits per heavy atom. The van der Waals surface area contributed by atoms with Gasteiger partial charge in [0.1, 0.15) is 5.82 Å². The molecular formula is C19H20F4N2. The van der Waals surface area contributed by atoms with Gasteiger partial charge in [-0.1, -0.05) is 36.4 Å². The van der Waals surface area contributed by atoms with Crippen molar-refractivity contribution >= 4 is 0 Å². The number of nitrogens with one attached hydrogen (secondary N) is 1. The fourth-order valence-corrected chi connectivity index (χ4v) is 3.35. The van der Waals surface area contributed by atoms with E-state index in [1.165, 1.54) is 0 Å². The van der Waals surface area contributed by atoms with E-state index in [0.717, 1.165) is 49.9 Å². The zero-order chi connectivity index (χ0) is 17.9. The van der Waals surface area contributed by atoms with E-state index < -0.39 is 17.6 Å². The Bertz CT molecular complexity index is 694. The van der Waals surface area contributed by atoms with Crippen molar-refractivity contribution in [2.24, 2.45) is 0 Å². The van der Waals surface area contributed by atoms with Crippen LogP contribution >= 0.6 is 0 Å². The highest BCUT2D eigenvalue weighted by molar-refractivity contribution is 5.33. The highest BCUT2D eigenvalue weighted by Gasteiger charge is 2.36. The maximum absolute atomic E-state index is 14.3. The largest absolute Gasteiger partial charge is 0.416 e. The summed E-state index contributed by atoms with van der Waals surface area (Å²) in [5.74, 6) is -0.800. The van der Waals surface area contributed by atoms with E-state index in [1.807, 2.05) is 30.3 Å². The number of piperazine rings is 1. The van der Waals surface area contributed by atoms with Gasteiger partial charge in [-0.3, -0.25) is 4.90 Å². The van der Waals surface area contributed by atoms with E-state index in [4.69, 9.17) is 0 Å². The third-order valence-electron chi connectivity index (χ3n) is 4.60. The Balaban J connectivity index is 1.99. The number of halogens is 4. The summed E-state index contributed by atoms with van der Waals surface area (Å²) < 4.78 is 54.3. The second-order valence-corrected chi connectivity index (χ2v) is 6.18. The predicted molar refractivity (Wildman–Crippen MR) is 88.7 cm³/mol. The van der Waals surface area contributed by atoms with Crippen molar-refractivity contribution in [3.8, 4) is 0 Å². The summed E-state index contributed by atoms with van der Waals surface area (Å²) in [5.41, 5.74) is -0.244. The summed E-state index contributed by atoms with van der Waals surface area (Å²) in [6, 6.07) is 12.2. The van der Waals surface area contributed by atoms with Gasteiger partial charge in [-0.2, -0.15) is 13.2 Å². The standard InChI is InChI=1S/C19H20F4N2/c20-17-8-4-7-16(19(21,22)23)15(17)13-18(14-5-2-1-3-6-14)25-11-9-24-10-12-25/h1-8,18,24H,9-13H2. The lowest BCUT2D eigenvalue weighted by Gasteiger charge is -2.36. The minimum absolute atomic E-state index is 0.00840. The molecule has 1 saturated heterocycles. The fourth-order valence-electron chi connectivity index (χ4n) is 3.35. The number of nitrogens with zero attached hydrogens (tertiary/aromatic N) is 1. The second-order valence-electron chi connectivity index (χ2n) is 6.18. The lowest BCUT2D eigenvalue weighted by molar-refractivity contribution is -0.138. The Hall–Kier alpha value is -1.92. The molecule has 0 radical (unpaired) electrons. The highest BCUT2D eigenvalue weighted by atomic mass is 19.4. The SMILES string of the molecule is Fc1cccc(C(F)(F)F)c1CC(c1ccccc1)N1CCNCC1. The Labute approximate surface area is 144 Å². The third kappa shape index (κ3) is 4.19. The van der Waals surface area contributed by atoms with Crippen LogP contribution in [0.1, 0.15) is 22.7 Å². The molecule has 1 atom stereocenters. The molecule has 0 amide bonds. The van der Waals surface area contributed by atoms with Crippen molar-refractivity contribution in [3.63, 3.8) is 0 Å². The molecule has 0 spiro atoms. The first-order valence-electron chi connectivity index (χ1n) is 8.31. The molecule has 1 N–H and O–H groups in total. The van der Waals surface area contributed by atoms with E-state index in [2.05, 4.69) is 10.2 Å². The van der Waals surface area contributed by atoms with Gasteiger partial charge < -0.3 is 5.32 Å². The van der Waals surface area contributed by atoms with Gasteiger partial charge in [-0.15, -0.1) is 0 Å². The van der Waals surface area contributed by atoms with Crippen molar-refractivity contribution in [1.29, 1.82) is 0 Å². The molecule has 1 aliphatic rings. The summed E-state index contributed by atoms with van der Waals surface area (Å²) in [4.78, 5) is 2.12. The molecule has 1 fully saturated rings. The normalized spacial score (nSPS) is 17.4. The van der Waals surface area contributed by atoms with Gasteiger partial charge in [-0.05, 0) is 24.1 Å². The first kappa shape index (κ1) is 17.9. The van der Waals surface area contributed by atoms with E-state index >= 15 is 0 Å². The van der Waals surface area contributed by atoms with Gasteiger partial charge in [-0.25, -0.2) is 4.39 Å². The summed E-state index contributed by atoms with van der Waals surface area (Å²) in [6.07, 6.45) is -4.58. The number of hydrogen-bond donors (Lipinski definition) is 1. The first-order chi connectivity index (χ1) is 12.0. The molecule has 25 heavy (non-hydrogen) atoms. The average molecular weight is 352 g/mol. The molecule has 1 aliphatic heterocycles. The van der Waals surface area contributed by atoms with Crippen molar-refractivity contribution in [3.05, 3.63) is 71.0 Å². The van der Waals surface area contributed by atoms with Crippen molar-refractivity contribution in [1.82, 2.24) is 10.2 Å². The molecule has 2 aromatic rings. The first-order valence-corrected chi connectivity index (χ1v) is 8.31. The monoisotopic (exact) mass is 352 g/mol. The third-order valence-corrected chi connectivity index (χ3v) is 4.60. The van der Waals surface area contributed by atoms with Crippen LogP contribution in [0.2, 0.25) is 0 Å². The lowest BCUT2D eigenvalue weighted by Crippen LogP contribution is -2.45. The summed E-state index contributed by atoms with van der Waals surface area (Å²) in [7, 11) is 0. The van der Waals surface area contributed by atoms with Gasteiger partial charge in [0.25, 0.3) is 0 Å². The molecule has 0 aliphatic carbocycles. The molecule has 0 bridgehead atoms. The summed E-state index contributed by atoms with van der Waals surface area (Å²) in [5, 5.41) is 3.24. The quantitative estimate of drug-likeness (QED) is 0.836. The number of alkyl halides is 3. The van der Waals surface area contributed by atoms with Gasteiger partial charge in [0, 0.05) is 37.8 Å². The zero-order valence-corrected chi connectivity index (χ0v) is 13.7. The van der Waals surface area contributed by atoms with Crippen LogP contribution in [-0.4, -0.2) is 31.1 Å². The van der Waals surface area contributed by atoms with Crippen LogP contribution in [0.3, 0.4) is 0 Å². The maximum Gasteiger partial charge on any atom is 0.416 e. The Morgan fingerprint density at radius 1 is 0.960 bits per heavy atom. The summed E-state index contributed by atoms with van der Waals surface area (Å²) in [6.45, 7) is 2.98. The zero-order valence-electron chi connectivity index (χ0n) is 13.7. The molecule has 134 valence electrons. The fraction of sp³-hybridized carbons (Fsp3) is 0.368. The van der Waals surface area contributed by atoms with E-state index in [0.29, 0.717) is 0 Å². The van der Waals surface area contributed by atoms with Gasteiger partial charge in [0.15, 0.2) is 0 Å². The molecule has 1 unspecified atom stereocenters. The van der Waals surface area contributed by atoms with Crippen LogP contribution in [0.15, 0.2) is 48.5 Å². The number of hydrogen-bond acceptors (Lipinski definition) is 2. The van der Waals surface area contributed by atoms with Crippen molar-refractivity contribution in [2.75, 3.05) is 26.2 Å². The van der Waals surface area contributed by atoms with Crippen LogP contribution in [-0.2, 0) is 12.6 Å². The maximum atomic E-state index is 14.3. The second kappa shape index (κ2) is 7.54. The van der Waals surface area contributed by atoms with Crippen LogP contribution < -0.4 is 5.32 Å².